The average Bonchev–Trinajstić information content (AvgIpc) is 2.67. The van der Waals surface area contributed by atoms with Crippen LogP contribution in [-0.4, -0.2) is 31.1 Å². The molecule has 1 rings (SSSR count). The lowest BCUT2D eigenvalue weighted by Crippen LogP contribution is -2.28. The highest BCUT2D eigenvalue weighted by molar-refractivity contribution is 5.23. The van der Waals surface area contributed by atoms with Gasteiger partial charge in [-0.25, -0.2) is 0 Å². The van der Waals surface area contributed by atoms with Crippen molar-refractivity contribution in [2.75, 3.05) is 20.1 Å². The fourth-order valence-electron chi connectivity index (χ4n) is 2.25. The summed E-state index contributed by atoms with van der Waals surface area (Å²) in [5, 5.41) is 3.58. The monoisotopic (exact) mass is 266 g/mol. The quantitative estimate of drug-likeness (QED) is 0.728. The Labute approximate surface area is 118 Å². The molecule has 1 unspecified atom stereocenters. The summed E-state index contributed by atoms with van der Waals surface area (Å²) >= 11 is 0. The highest BCUT2D eigenvalue weighted by Gasteiger charge is 2.11. The van der Waals surface area contributed by atoms with Crippen molar-refractivity contribution in [2.24, 2.45) is 0 Å². The standard InChI is InChI=1S/C16H30N2O/c1-12(2)18(6)10-8-7-9-17-14(4)16-11-13(3)19-15(16)5/h11-12,14,17H,7-10H2,1-6H3. The van der Waals surface area contributed by atoms with E-state index in [1.54, 1.807) is 0 Å². The third kappa shape index (κ3) is 5.37. The Morgan fingerprint density at radius 3 is 2.42 bits per heavy atom. The van der Waals surface area contributed by atoms with Crippen molar-refractivity contribution in [3.05, 3.63) is 23.2 Å². The largest absolute Gasteiger partial charge is 0.466 e. The van der Waals surface area contributed by atoms with Gasteiger partial charge in [0, 0.05) is 17.6 Å². The first-order valence-corrected chi connectivity index (χ1v) is 7.42. The first kappa shape index (κ1) is 16.3. The summed E-state index contributed by atoms with van der Waals surface area (Å²) in [6.45, 7) is 13.0. The van der Waals surface area contributed by atoms with Crippen LogP contribution in [0.15, 0.2) is 10.5 Å². The lowest BCUT2D eigenvalue weighted by Gasteiger charge is -2.21. The third-order valence-electron chi connectivity index (χ3n) is 3.82. The highest BCUT2D eigenvalue weighted by atomic mass is 16.3. The van der Waals surface area contributed by atoms with Crippen LogP contribution < -0.4 is 5.32 Å². The maximum atomic E-state index is 5.57. The number of nitrogens with zero attached hydrogens (tertiary/aromatic N) is 1. The van der Waals surface area contributed by atoms with Crippen LogP contribution in [0.4, 0.5) is 0 Å². The van der Waals surface area contributed by atoms with Gasteiger partial charge in [0.15, 0.2) is 0 Å². The van der Waals surface area contributed by atoms with E-state index in [4.69, 9.17) is 4.42 Å². The van der Waals surface area contributed by atoms with E-state index in [0.717, 1.165) is 18.1 Å². The summed E-state index contributed by atoms with van der Waals surface area (Å²) in [6, 6.07) is 3.16. The van der Waals surface area contributed by atoms with Gasteiger partial charge in [0.1, 0.15) is 11.5 Å². The van der Waals surface area contributed by atoms with Crippen LogP contribution in [0.2, 0.25) is 0 Å². The Balaban J connectivity index is 2.21. The Morgan fingerprint density at radius 1 is 1.21 bits per heavy atom. The third-order valence-corrected chi connectivity index (χ3v) is 3.82. The molecule has 0 spiro atoms. The topological polar surface area (TPSA) is 28.4 Å². The van der Waals surface area contributed by atoms with Crippen molar-refractivity contribution < 1.29 is 4.42 Å². The zero-order chi connectivity index (χ0) is 14.4. The van der Waals surface area contributed by atoms with E-state index in [1.807, 2.05) is 13.8 Å². The van der Waals surface area contributed by atoms with Crippen LogP contribution in [-0.2, 0) is 0 Å². The fraction of sp³-hybridized carbons (Fsp3) is 0.750. The second kappa shape index (κ2) is 7.71. The van der Waals surface area contributed by atoms with E-state index in [0.29, 0.717) is 12.1 Å². The molecular formula is C16H30N2O. The van der Waals surface area contributed by atoms with E-state index < -0.39 is 0 Å². The summed E-state index contributed by atoms with van der Waals surface area (Å²) in [6.07, 6.45) is 2.47. The molecule has 1 N–H and O–H groups in total. The van der Waals surface area contributed by atoms with Crippen molar-refractivity contribution >= 4 is 0 Å². The molecule has 0 radical (unpaired) electrons. The molecule has 3 heteroatoms. The molecule has 0 aliphatic rings. The van der Waals surface area contributed by atoms with Gasteiger partial charge in [-0.2, -0.15) is 0 Å². The summed E-state index contributed by atoms with van der Waals surface area (Å²) in [7, 11) is 2.19. The Bertz CT molecular complexity index is 371. The van der Waals surface area contributed by atoms with Gasteiger partial charge in [-0.05, 0) is 73.7 Å². The summed E-state index contributed by atoms with van der Waals surface area (Å²) < 4.78 is 5.57. The Morgan fingerprint density at radius 2 is 1.89 bits per heavy atom. The van der Waals surface area contributed by atoms with Crippen molar-refractivity contribution in [3.8, 4) is 0 Å². The molecule has 0 fully saturated rings. The summed E-state index contributed by atoms with van der Waals surface area (Å²) in [5.41, 5.74) is 1.29. The molecule has 0 saturated carbocycles. The zero-order valence-electron chi connectivity index (χ0n) is 13.4. The smallest absolute Gasteiger partial charge is 0.105 e. The van der Waals surface area contributed by atoms with Gasteiger partial charge in [0.2, 0.25) is 0 Å². The number of nitrogens with one attached hydrogen (secondary N) is 1. The Hall–Kier alpha value is -0.800. The van der Waals surface area contributed by atoms with Gasteiger partial charge in [-0.1, -0.05) is 0 Å². The minimum absolute atomic E-state index is 0.375. The number of hydrogen-bond acceptors (Lipinski definition) is 3. The molecule has 0 aliphatic heterocycles. The maximum Gasteiger partial charge on any atom is 0.105 e. The molecule has 0 saturated heterocycles. The normalized spacial score (nSPS) is 13.5. The van der Waals surface area contributed by atoms with Crippen molar-refractivity contribution in [3.63, 3.8) is 0 Å². The Kier molecular flexibility index (Phi) is 6.59. The number of unbranched alkanes of at least 4 members (excludes halogenated alkanes) is 1. The van der Waals surface area contributed by atoms with E-state index in [9.17, 15) is 0 Å². The van der Waals surface area contributed by atoms with Crippen LogP contribution in [0.1, 0.15) is 56.7 Å². The number of furan rings is 1. The van der Waals surface area contributed by atoms with Crippen molar-refractivity contribution in [2.45, 2.75) is 59.5 Å². The van der Waals surface area contributed by atoms with Crippen LogP contribution in [0.25, 0.3) is 0 Å². The van der Waals surface area contributed by atoms with Gasteiger partial charge >= 0.3 is 0 Å². The van der Waals surface area contributed by atoms with Crippen molar-refractivity contribution in [1.82, 2.24) is 10.2 Å². The van der Waals surface area contributed by atoms with E-state index >= 15 is 0 Å². The molecule has 0 aromatic carbocycles. The SMILES string of the molecule is Cc1cc(C(C)NCCCCN(C)C(C)C)c(C)o1. The second-order valence-electron chi connectivity index (χ2n) is 5.83. The summed E-state index contributed by atoms with van der Waals surface area (Å²) in [5.74, 6) is 2.04. The number of hydrogen-bond donors (Lipinski definition) is 1. The van der Waals surface area contributed by atoms with Crippen LogP contribution >= 0.6 is 0 Å². The van der Waals surface area contributed by atoms with Gasteiger partial charge in [0.05, 0.1) is 0 Å². The van der Waals surface area contributed by atoms with Crippen LogP contribution in [0.5, 0.6) is 0 Å². The average molecular weight is 266 g/mol. The molecule has 1 aromatic heterocycles. The van der Waals surface area contributed by atoms with Gasteiger partial charge in [-0.15, -0.1) is 0 Å². The van der Waals surface area contributed by atoms with Crippen LogP contribution in [0.3, 0.4) is 0 Å². The van der Waals surface area contributed by atoms with E-state index in [1.165, 1.54) is 24.9 Å². The fourth-order valence-corrected chi connectivity index (χ4v) is 2.25. The minimum Gasteiger partial charge on any atom is -0.466 e. The van der Waals surface area contributed by atoms with Crippen molar-refractivity contribution in [1.29, 1.82) is 0 Å². The predicted octanol–water partition coefficient (Wildman–Crippen LogP) is 3.67. The van der Waals surface area contributed by atoms with E-state index in [2.05, 4.69) is 44.1 Å². The molecule has 3 nitrogen and oxygen atoms in total. The maximum absolute atomic E-state index is 5.57. The first-order chi connectivity index (χ1) is 8.91. The summed E-state index contributed by atoms with van der Waals surface area (Å²) in [4.78, 5) is 2.40. The molecule has 1 aromatic rings. The second-order valence-corrected chi connectivity index (χ2v) is 5.83. The lowest BCUT2D eigenvalue weighted by atomic mass is 10.1. The molecule has 1 heterocycles. The molecule has 110 valence electrons. The predicted molar refractivity (Wildman–Crippen MR) is 81.6 cm³/mol. The first-order valence-electron chi connectivity index (χ1n) is 7.42. The zero-order valence-corrected chi connectivity index (χ0v) is 13.4. The number of rotatable bonds is 8. The van der Waals surface area contributed by atoms with Gasteiger partial charge in [-0.3, -0.25) is 0 Å². The molecule has 0 amide bonds. The van der Waals surface area contributed by atoms with Gasteiger partial charge in [0.25, 0.3) is 0 Å². The van der Waals surface area contributed by atoms with E-state index in [-0.39, 0.29) is 0 Å². The van der Waals surface area contributed by atoms with Gasteiger partial charge < -0.3 is 14.6 Å². The molecule has 1 atom stereocenters. The molecule has 0 aliphatic carbocycles. The molecular weight excluding hydrogens is 236 g/mol. The minimum atomic E-state index is 0.375. The lowest BCUT2D eigenvalue weighted by molar-refractivity contribution is 0.267. The molecule has 19 heavy (non-hydrogen) atoms. The molecule has 0 bridgehead atoms. The van der Waals surface area contributed by atoms with Crippen LogP contribution in [0, 0.1) is 13.8 Å². The highest BCUT2D eigenvalue weighted by Crippen LogP contribution is 2.20. The number of aryl methyl sites for hydroxylation is 2.